The van der Waals surface area contributed by atoms with Crippen molar-refractivity contribution in [2.24, 2.45) is 23.7 Å². The van der Waals surface area contributed by atoms with Gasteiger partial charge in [-0.05, 0) is 66.9 Å². The Morgan fingerprint density at radius 3 is 1.02 bits per heavy atom. The van der Waals surface area contributed by atoms with E-state index in [1.54, 1.807) is 29.4 Å². The number of hydrogen-bond acceptors (Lipinski definition) is 16. The van der Waals surface area contributed by atoms with Crippen LogP contribution < -0.4 is 0 Å². The molecular formula is C29H26S16. The van der Waals surface area contributed by atoms with Crippen LogP contribution in [0.5, 0.6) is 0 Å². The first-order valence-electron chi connectivity index (χ1n) is 13.7. The summed E-state index contributed by atoms with van der Waals surface area (Å²) in [5.74, 6) is 2.43. The molecule has 3 aliphatic carbocycles. The van der Waals surface area contributed by atoms with Gasteiger partial charge in [-0.1, -0.05) is 130 Å². The van der Waals surface area contributed by atoms with Crippen LogP contribution in [0, 0.1) is 23.7 Å². The Morgan fingerprint density at radius 1 is 0.400 bits per heavy atom. The third-order valence-electron chi connectivity index (χ3n) is 8.08. The predicted molar refractivity (Wildman–Crippen MR) is 241 cm³/mol. The van der Waals surface area contributed by atoms with Crippen molar-refractivity contribution >= 4 is 188 Å². The van der Waals surface area contributed by atoms with Gasteiger partial charge in [-0.2, -0.15) is 0 Å². The van der Waals surface area contributed by atoms with Crippen LogP contribution in [-0.2, 0) is 0 Å². The molecule has 4 unspecified atom stereocenters. The van der Waals surface area contributed by atoms with Gasteiger partial charge in [0.25, 0.3) is 0 Å². The second-order valence-corrected chi connectivity index (χ2v) is 28.4. The van der Waals surface area contributed by atoms with E-state index in [4.69, 9.17) is 0 Å². The van der Waals surface area contributed by atoms with E-state index in [2.05, 4.69) is 120 Å². The Balaban J connectivity index is 1.24. The maximum Gasteiger partial charge on any atom is 0.0718 e. The normalized spacial score (nSPS) is 31.0. The summed E-state index contributed by atoms with van der Waals surface area (Å²) in [4.78, 5) is 3.15. The van der Waals surface area contributed by atoms with Gasteiger partial charge in [0.1, 0.15) is 0 Å². The lowest BCUT2D eigenvalue weighted by atomic mass is 9.71. The van der Waals surface area contributed by atoms with Gasteiger partial charge in [0.15, 0.2) is 0 Å². The molecule has 8 aliphatic rings. The molecular weight excluding hydrogens is 861 g/mol. The Morgan fingerprint density at radius 2 is 0.689 bits per heavy atom. The molecule has 0 amide bonds. The van der Waals surface area contributed by atoms with Crippen molar-refractivity contribution < 1.29 is 0 Å². The standard InChI is InChI=1S/C29H26S16/c1-30-20-21(31-2)39-18(38-20)14-12-10-7-8-11(9-10)13(12)15(19-40-22(32-3)23(33-4)41-19)17-16(14)36-26-27(37-17)45-29(44-26)28-42-24(34-5)25(35-6)43-28/h7-8,10-13H,9H2,1-6H3. The first-order chi connectivity index (χ1) is 22.0. The molecule has 1 fully saturated rings. The smallest absolute Gasteiger partial charge is 0.0718 e. The molecule has 5 heterocycles. The summed E-state index contributed by atoms with van der Waals surface area (Å²) >= 11 is 32.0. The molecule has 45 heavy (non-hydrogen) atoms. The fourth-order valence-electron chi connectivity index (χ4n) is 6.35. The van der Waals surface area contributed by atoms with Crippen LogP contribution in [0.25, 0.3) is 0 Å². The van der Waals surface area contributed by atoms with E-state index < -0.39 is 0 Å². The average Bonchev–Trinajstić information content (AvgIpc) is 3.91. The SMILES string of the molecule is CSC1=C(SC)SC(=C2SC3=C(S2)SC2=C(S3)C(=C3SC(SC)=C(SC)S3)C3C4C=CC(C4)C3C2=C2SC(SC)=C(SC)S2)S1. The van der Waals surface area contributed by atoms with Crippen molar-refractivity contribution in [2.75, 3.05) is 37.5 Å². The molecule has 5 aliphatic heterocycles. The molecule has 0 aromatic rings. The topological polar surface area (TPSA) is 0 Å². The van der Waals surface area contributed by atoms with Crippen LogP contribution in [0.1, 0.15) is 6.42 Å². The van der Waals surface area contributed by atoms with E-state index in [9.17, 15) is 0 Å². The van der Waals surface area contributed by atoms with Crippen LogP contribution in [0.15, 0.2) is 84.0 Å². The predicted octanol–water partition coefficient (Wildman–Crippen LogP) is 15.3. The van der Waals surface area contributed by atoms with Crippen molar-refractivity contribution in [1.82, 2.24) is 0 Å². The largest absolute Gasteiger partial charge is 0.121 e. The molecule has 0 radical (unpaired) electrons. The zero-order valence-electron chi connectivity index (χ0n) is 24.7. The monoisotopic (exact) mass is 886 g/mol. The lowest BCUT2D eigenvalue weighted by Gasteiger charge is -2.41. The van der Waals surface area contributed by atoms with Crippen LogP contribution in [0.2, 0.25) is 0 Å². The Kier molecular flexibility index (Phi) is 11.7. The van der Waals surface area contributed by atoms with Gasteiger partial charge in [0, 0.05) is 21.6 Å². The maximum absolute atomic E-state index is 2.58. The van der Waals surface area contributed by atoms with Gasteiger partial charge in [-0.3, -0.25) is 0 Å². The fraction of sp³-hybridized carbons (Fsp3) is 0.379. The molecule has 0 nitrogen and oxygen atoms in total. The lowest BCUT2D eigenvalue weighted by Crippen LogP contribution is -2.30. The molecule has 8 rings (SSSR count). The molecule has 16 heteroatoms. The van der Waals surface area contributed by atoms with Crippen LogP contribution >= 0.6 is 188 Å². The van der Waals surface area contributed by atoms with E-state index in [1.807, 2.05) is 118 Å². The lowest BCUT2D eigenvalue weighted by molar-refractivity contribution is 0.409. The molecule has 0 aromatic carbocycles. The van der Waals surface area contributed by atoms with Crippen LogP contribution in [0.4, 0.5) is 0 Å². The highest BCUT2D eigenvalue weighted by atomic mass is 32.3. The minimum atomic E-state index is 0.573. The molecule has 0 aromatic heterocycles. The summed E-state index contributed by atoms with van der Waals surface area (Å²) in [5, 5.41) is 0. The van der Waals surface area contributed by atoms with Gasteiger partial charge in [0.05, 0.1) is 50.8 Å². The summed E-state index contributed by atoms with van der Waals surface area (Å²) in [7, 11) is 0. The van der Waals surface area contributed by atoms with Crippen molar-refractivity contribution in [2.45, 2.75) is 6.42 Å². The van der Waals surface area contributed by atoms with Gasteiger partial charge < -0.3 is 0 Å². The van der Waals surface area contributed by atoms with Crippen molar-refractivity contribution in [3.05, 3.63) is 84.0 Å². The second-order valence-electron chi connectivity index (χ2n) is 10.2. The van der Waals surface area contributed by atoms with E-state index in [0.717, 1.165) is 0 Å². The Labute approximate surface area is 335 Å². The zero-order chi connectivity index (χ0) is 31.0. The van der Waals surface area contributed by atoms with Crippen LogP contribution in [-0.4, -0.2) is 37.5 Å². The third-order valence-corrected chi connectivity index (χ3v) is 30.1. The summed E-state index contributed by atoms with van der Waals surface area (Å²) in [6, 6.07) is 0. The molecule has 0 spiro atoms. The number of allylic oxidation sites excluding steroid dienone is 4. The number of hydrogen-bond donors (Lipinski definition) is 0. The summed E-state index contributed by atoms with van der Waals surface area (Å²) in [6.07, 6.45) is 19.9. The summed E-state index contributed by atoms with van der Waals surface area (Å²) in [6.45, 7) is 0. The summed E-state index contributed by atoms with van der Waals surface area (Å²) < 4.78 is 18.0. The Bertz CT molecular complexity index is 1520. The van der Waals surface area contributed by atoms with Crippen molar-refractivity contribution in [3.63, 3.8) is 0 Å². The van der Waals surface area contributed by atoms with Gasteiger partial charge in [0.2, 0.25) is 0 Å². The first kappa shape index (κ1) is 35.3. The highest BCUT2D eigenvalue weighted by molar-refractivity contribution is 8.46. The van der Waals surface area contributed by atoms with Gasteiger partial charge in [-0.25, -0.2) is 0 Å². The molecule has 4 atom stereocenters. The maximum atomic E-state index is 2.58. The third kappa shape index (κ3) is 6.27. The van der Waals surface area contributed by atoms with E-state index in [1.165, 1.54) is 48.8 Å². The minimum Gasteiger partial charge on any atom is -0.121 e. The van der Waals surface area contributed by atoms with E-state index in [0.29, 0.717) is 23.7 Å². The average molecular weight is 888 g/mol. The fourth-order valence-corrected chi connectivity index (χ4v) is 28.5. The summed E-state index contributed by atoms with van der Waals surface area (Å²) in [5.41, 5.74) is 3.35. The first-order valence-corrected chi connectivity index (χ1v) is 29.2. The number of rotatable bonds is 6. The van der Waals surface area contributed by atoms with Crippen molar-refractivity contribution in [1.29, 1.82) is 0 Å². The zero-order valence-corrected chi connectivity index (χ0v) is 37.8. The van der Waals surface area contributed by atoms with E-state index >= 15 is 0 Å². The highest BCUT2D eigenvalue weighted by Crippen LogP contribution is 2.76. The Hall–Kier alpha value is 3.26. The molecule has 2 bridgehead atoms. The highest BCUT2D eigenvalue weighted by Gasteiger charge is 2.55. The molecule has 0 saturated heterocycles. The molecule has 238 valence electrons. The second kappa shape index (κ2) is 14.9. The minimum absolute atomic E-state index is 0.573. The van der Waals surface area contributed by atoms with E-state index in [-0.39, 0.29) is 0 Å². The van der Waals surface area contributed by atoms with Crippen LogP contribution in [0.3, 0.4) is 0 Å². The number of thioether (sulfide) groups is 16. The van der Waals surface area contributed by atoms with Crippen molar-refractivity contribution in [3.8, 4) is 0 Å². The van der Waals surface area contributed by atoms with Gasteiger partial charge >= 0.3 is 0 Å². The molecule has 1 saturated carbocycles. The van der Waals surface area contributed by atoms with Gasteiger partial charge in [-0.15, -0.1) is 70.6 Å². The quantitative estimate of drug-likeness (QED) is 0.232. The molecule has 0 N–H and O–H groups in total. The number of fused-ring (bicyclic) bond motifs is 5.